The average Bonchev–Trinajstić information content (AvgIpc) is 2.87. The lowest BCUT2D eigenvalue weighted by Gasteiger charge is -2.33. The van der Waals surface area contributed by atoms with Crippen LogP contribution in [-0.4, -0.2) is 53.7 Å². The molecule has 0 radical (unpaired) electrons. The lowest BCUT2D eigenvalue weighted by atomic mass is 10.1. The van der Waals surface area contributed by atoms with Crippen LogP contribution in [-0.2, 0) is 11.3 Å². The molecule has 0 spiro atoms. The summed E-state index contributed by atoms with van der Waals surface area (Å²) >= 11 is 0. The molecule has 1 unspecified atom stereocenters. The van der Waals surface area contributed by atoms with E-state index in [1.54, 1.807) is 7.05 Å². The molecule has 0 saturated carbocycles. The van der Waals surface area contributed by atoms with Crippen molar-refractivity contribution in [2.75, 3.05) is 26.7 Å². The molecule has 7 heteroatoms. The fourth-order valence-electron chi connectivity index (χ4n) is 2.10. The Hall–Kier alpha value is -1.47. The first-order valence-corrected chi connectivity index (χ1v) is 6.60. The van der Waals surface area contributed by atoms with Crippen LogP contribution in [0.15, 0.2) is 4.52 Å². The predicted octanol–water partition coefficient (Wildman–Crippen LogP) is -0.287. The first kappa shape index (κ1) is 14.0. The van der Waals surface area contributed by atoms with Crippen molar-refractivity contribution in [3.63, 3.8) is 0 Å². The third-order valence-electron chi connectivity index (χ3n) is 3.24. The summed E-state index contributed by atoms with van der Waals surface area (Å²) in [5.74, 6) is 1.53. The van der Waals surface area contributed by atoms with Crippen LogP contribution in [0.2, 0.25) is 0 Å². The molecule has 0 aliphatic carbocycles. The van der Waals surface area contributed by atoms with Crippen molar-refractivity contribution in [2.24, 2.45) is 0 Å². The highest BCUT2D eigenvalue weighted by Crippen LogP contribution is 2.13. The number of aromatic nitrogens is 2. The summed E-state index contributed by atoms with van der Waals surface area (Å²) in [6, 6.07) is -0.187. The number of piperazine rings is 1. The molecule has 2 N–H and O–H groups in total. The highest BCUT2D eigenvalue weighted by Gasteiger charge is 2.29. The van der Waals surface area contributed by atoms with Gasteiger partial charge in [0.15, 0.2) is 5.82 Å². The van der Waals surface area contributed by atoms with Gasteiger partial charge in [-0.2, -0.15) is 4.98 Å². The number of rotatable bonds is 4. The van der Waals surface area contributed by atoms with Crippen molar-refractivity contribution in [2.45, 2.75) is 32.4 Å². The van der Waals surface area contributed by atoms with Gasteiger partial charge >= 0.3 is 0 Å². The average molecular weight is 267 g/mol. The smallest absolute Gasteiger partial charge is 0.240 e. The van der Waals surface area contributed by atoms with E-state index in [4.69, 9.17) is 4.52 Å². The van der Waals surface area contributed by atoms with Gasteiger partial charge in [-0.25, -0.2) is 0 Å². The highest BCUT2D eigenvalue weighted by molar-refractivity contribution is 5.81. The van der Waals surface area contributed by atoms with Crippen LogP contribution in [0.1, 0.15) is 31.5 Å². The SMILES string of the molecule is CNC(=O)C1CNCCN1Cc1nc(C(C)C)no1. The quantitative estimate of drug-likeness (QED) is 0.780. The minimum absolute atomic E-state index is 0.01000. The van der Waals surface area contributed by atoms with Gasteiger partial charge in [0, 0.05) is 32.6 Å². The van der Waals surface area contributed by atoms with Crippen LogP contribution in [0.4, 0.5) is 0 Å². The summed E-state index contributed by atoms with van der Waals surface area (Å²) in [7, 11) is 1.65. The van der Waals surface area contributed by atoms with E-state index in [0.717, 1.165) is 13.1 Å². The Morgan fingerprint density at radius 2 is 2.42 bits per heavy atom. The van der Waals surface area contributed by atoms with Gasteiger partial charge in [-0.15, -0.1) is 0 Å². The lowest BCUT2D eigenvalue weighted by Crippen LogP contribution is -2.56. The molecule has 1 aromatic rings. The number of nitrogens with zero attached hydrogens (tertiary/aromatic N) is 3. The van der Waals surface area contributed by atoms with Gasteiger partial charge in [0.25, 0.3) is 0 Å². The third kappa shape index (κ3) is 3.30. The van der Waals surface area contributed by atoms with Crippen molar-refractivity contribution in [3.05, 3.63) is 11.7 Å². The summed E-state index contributed by atoms with van der Waals surface area (Å²) in [4.78, 5) is 18.2. The summed E-state index contributed by atoms with van der Waals surface area (Å²) in [6.07, 6.45) is 0. The summed E-state index contributed by atoms with van der Waals surface area (Å²) < 4.78 is 5.24. The van der Waals surface area contributed by atoms with Crippen molar-refractivity contribution >= 4 is 5.91 Å². The van der Waals surface area contributed by atoms with Crippen LogP contribution in [0.5, 0.6) is 0 Å². The van der Waals surface area contributed by atoms with Gasteiger partial charge in [-0.1, -0.05) is 19.0 Å². The Morgan fingerprint density at radius 3 is 3.05 bits per heavy atom. The Morgan fingerprint density at radius 1 is 1.63 bits per heavy atom. The maximum absolute atomic E-state index is 11.8. The minimum atomic E-state index is -0.187. The second kappa shape index (κ2) is 6.12. The largest absolute Gasteiger partial charge is 0.358 e. The second-order valence-electron chi connectivity index (χ2n) is 5.01. The normalized spacial score (nSPS) is 20.7. The van der Waals surface area contributed by atoms with Gasteiger partial charge in [0.05, 0.1) is 6.54 Å². The van der Waals surface area contributed by atoms with Crippen molar-refractivity contribution in [1.29, 1.82) is 0 Å². The number of carbonyl (C=O) groups excluding carboxylic acids is 1. The zero-order chi connectivity index (χ0) is 13.8. The number of likely N-dealkylation sites (N-methyl/N-ethyl adjacent to an activating group) is 1. The fourth-order valence-corrected chi connectivity index (χ4v) is 2.10. The number of hydrogen-bond acceptors (Lipinski definition) is 6. The van der Waals surface area contributed by atoms with Crippen LogP contribution in [0, 0.1) is 0 Å². The summed E-state index contributed by atoms with van der Waals surface area (Å²) in [5.41, 5.74) is 0. The molecule has 1 atom stereocenters. The lowest BCUT2D eigenvalue weighted by molar-refractivity contribution is -0.126. The van der Waals surface area contributed by atoms with E-state index < -0.39 is 0 Å². The molecule has 0 bridgehead atoms. The van der Waals surface area contributed by atoms with Crippen LogP contribution in [0.25, 0.3) is 0 Å². The summed E-state index contributed by atoms with van der Waals surface area (Å²) in [6.45, 7) is 6.85. The van der Waals surface area contributed by atoms with Gasteiger partial charge < -0.3 is 15.2 Å². The van der Waals surface area contributed by atoms with Gasteiger partial charge in [0.1, 0.15) is 6.04 Å². The fraction of sp³-hybridized carbons (Fsp3) is 0.750. The number of amides is 1. The molecular formula is C12H21N5O2. The molecule has 2 heterocycles. The Balaban J connectivity index is 2.04. The molecule has 2 rings (SSSR count). The topological polar surface area (TPSA) is 83.3 Å². The standard InChI is InChI=1S/C12H21N5O2/c1-8(2)11-15-10(19-16-11)7-17-5-4-14-6-9(17)12(18)13-3/h8-9,14H,4-7H2,1-3H3,(H,13,18). The van der Waals surface area contributed by atoms with Crippen LogP contribution in [0.3, 0.4) is 0 Å². The number of nitrogens with one attached hydrogen (secondary N) is 2. The predicted molar refractivity (Wildman–Crippen MR) is 69.5 cm³/mol. The van der Waals surface area contributed by atoms with E-state index in [9.17, 15) is 4.79 Å². The molecule has 1 amide bonds. The Bertz CT molecular complexity index is 432. The Kier molecular flexibility index (Phi) is 4.49. The van der Waals surface area contributed by atoms with Crippen LogP contribution >= 0.6 is 0 Å². The van der Waals surface area contributed by atoms with Crippen molar-refractivity contribution in [3.8, 4) is 0 Å². The van der Waals surface area contributed by atoms with E-state index >= 15 is 0 Å². The molecule has 1 aliphatic heterocycles. The van der Waals surface area contributed by atoms with Crippen molar-refractivity contribution < 1.29 is 9.32 Å². The monoisotopic (exact) mass is 267 g/mol. The third-order valence-corrected chi connectivity index (χ3v) is 3.24. The summed E-state index contributed by atoms with van der Waals surface area (Å²) in [5, 5.41) is 9.85. The Labute approximate surface area is 112 Å². The minimum Gasteiger partial charge on any atom is -0.358 e. The second-order valence-corrected chi connectivity index (χ2v) is 5.01. The van der Waals surface area contributed by atoms with Gasteiger partial charge in [0.2, 0.25) is 11.8 Å². The number of hydrogen-bond donors (Lipinski definition) is 2. The van der Waals surface area contributed by atoms with Crippen LogP contribution < -0.4 is 10.6 Å². The molecule has 0 aromatic carbocycles. The van der Waals surface area contributed by atoms with E-state index in [1.807, 2.05) is 13.8 Å². The molecule has 1 saturated heterocycles. The molecule has 1 fully saturated rings. The van der Waals surface area contributed by atoms with E-state index in [2.05, 4.69) is 25.7 Å². The molecule has 7 nitrogen and oxygen atoms in total. The number of carbonyl (C=O) groups is 1. The molecular weight excluding hydrogens is 246 g/mol. The highest BCUT2D eigenvalue weighted by atomic mass is 16.5. The molecule has 1 aliphatic rings. The first-order valence-electron chi connectivity index (χ1n) is 6.60. The first-order chi connectivity index (χ1) is 9.11. The van der Waals surface area contributed by atoms with E-state index in [1.165, 1.54) is 0 Å². The molecule has 1 aromatic heterocycles. The zero-order valence-corrected chi connectivity index (χ0v) is 11.6. The van der Waals surface area contributed by atoms with Crippen molar-refractivity contribution in [1.82, 2.24) is 25.7 Å². The van der Waals surface area contributed by atoms with E-state index in [-0.39, 0.29) is 17.9 Å². The van der Waals surface area contributed by atoms with E-state index in [0.29, 0.717) is 24.8 Å². The maximum atomic E-state index is 11.8. The van der Waals surface area contributed by atoms with Gasteiger partial charge in [-0.05, 0) is 0 Å². The molecule has 19 heavy (non-hydrogen) atoms. The molecule has 106 valence electrons. The van der Waals surface area contributed by atoms with Gasteiger partial charge in [-0.3, -0.25) is 9.69 Å². The maximum Gasteiger partial charge on any atom is 0.240 e. The zero-order valence-electron chi connectivity index (χ0n) is 11.6.